The summed E-state index contributed by atoms with van der Waals surface area (Å²) in [6.45, 7) is 11.3. The SMILES string of the molecule is CCCNCC(C)S(=O)(=O)NC(CC)C(C)C. The molecule has 0 aliphatic rings. The quantitative estimate of drug-likeness (QED) is 0.624. The molecule has 4 nitrogen and oxygen atoms in total. The van der Waals surface area contributed by atoms with Gasteiger partial charge >= 0.3 is 0 Å². The van der Waals surface area contributed by atoms with Crippen molar-refractivity contribution >= 4 is 10.0 Å². The second-order valence-electron chi connectivity index (χ2n) is 4.94. The molecule has 0 aromatic rings. The lowest BCUT2D eigenvalue weighted by Crippen LogP contribution is -2.45. The predicted molar refractivity (Wildman–Crippen MR) is 73.6 cm³/mol. The monoisotopic (exact) mass is 264 g/mol. The Hall–Kier alpha value is -0.130. The highest BCUT2D eigenvalue weighted by Gasteiger charge is 2.24. The Balaban J connectivity index is 4.35. The van der Waals surface area contributed by atoms with E-state index in [-0.39, 0.29) is 11.3 Å². The van der Waals surface area contributed by atoms with E-state index in [2.05, 4.69) is 17.0 Å². The Kier molecular flexibility index (Phi) is 8.00. The Labute approximate surface area is 107 Å². The molecule has 2 atom stereocenters. The van der Waals surface area contributed by atoms with E-state index in [0.717, 1.165) is 19.4 Å². The highest BCUT2D eigenvalue weighted by atomic mass is 32.2. The minimum absolute atomic E-state index is 0.0358. The molecule has 0 aromatic carbocycles. The summed E-state index contributed by atoms with van der Waals surface area (Å²) >= 11 is 0. The van der Waals surface area contributed by atoms with Gasteiger partial charge in [-0.3, -0.25) is 0 Å². The zero-order valence-electron chi connectivity index (χ0n) is 11.8. The van der Waals surface area contributed by atoms with Crippen LogP contribution in [0.1, 0.15) is 47.5 Å². The maximum Gasteiger partial charge on any atom is 0.215 e. The lowest BCUT2D eigenvalue weighted by molar-refractivity contribution is 0.433. The minimum Gasteiger partial charge on any atom is -0.315 e. The first-order valence-electron chi connectivity index (χ1n) is 6.57. The van der Waals surface area contributed by atoms with Crippen molar-refractivity contribution in [3.63, 3.8) is 0 Å². The smallest absolute Gasteiger partial charge is 0.215 e. The zero-order chi connectivity index (χ0) is 13.5. The van der Waals surface area contributed by atoms with Gasteiger partial charge in [-0.25, -0.2) is 13.1 Å². The van der Waals surface area contributed by atoms with E-state index in [1.165, 1.54) is 0 Å². The molecule has 5 heteroatoms. The Bertz CT molecular complexity index is 289. The molecule has 104 valence electrons. The van der Waals surface area contributed by atoms with Crippen molar-refractivity contribution in [2.75, 3.05) is 13.1 Å². The summed E-state index contributed by atoms with van der Waals surface area (Å²) in [4.78, 5) is 0. The first kappa shape index (κ1) is 16.9. The average Bonchev–Trinajstić information content (AvgIpc) is 2.25. The Morgan fingerprint density at radius 1 is 1.12 bits per heavy atom. The fourth-order valence-electron chi connectivity index (χ4n) is 1.61. The highest BCUT2D eigenvalue weighted by Crippen LogP contribution is 2.09. The molecule has 17 heavy (non-hydrogen) atoms. The number of sulfonamides is 1. The Morgan fingerprint density at radius 2 is 1.71 bits per heavy atom. The second kappa shape index (κ2) is 8.06. The maximum atomic E-state index is 12.0. The van der Waals surface area contributed by atoms with Crippen molar-refractivity contribution in [3.05, 3.63) is 0 Å². The third-order valence-electron chi connectivity index (χ3n) is 2.95. The van der Waals surface area contributed by atoms with E-state index in [4.69, 9.17) is 0 Å². The van der Waals surface area contributed by atoms with Gasteiger partial charge in [0, 0.05) is 12.6 Å². The van der Waals surface area contributed by atoms with Crippen molar-refractivity contribution in [2.24, 2.45) is 5.92 Å². The summed E-state index contributed by atoms with van der Waals surface area (Å²) in [5.74, 6) is 0.325. The van der Waals surface area contributed by atoms with E-state index in [1.54, 1.807) is 6.92 Å². The molecule has 0 heterocycles. The largest absolute Gasteiger partial charge is 0.315 e. The maximum absolute atomic E-state index is 12.0. The summed E-state index contributed by atoms with van der Waals surface area (Å²) in [7, 11) is -3.21. The van der Waals surface area contributed by atoms with Crippen LogP contribution < -0.4 is 10.0 Å². The van der Waals surface area contributed by atoms with Gasteiger partial charge in [-0.2, -0.15) is 0 Å². The van der Waals surface area contributed by atoms with Crippen LogP contribution in [0.15, 0.2) is 0 Å². The van der Waals surface area contributed by atoms with Crippen LogP contribution in [0.5, 0.6) is 0 Å². The first-order chi connectivity index (χ1) is 7.85. The van der Waals surface area contributed by atoms with E-state index in [1.807, 2.05) is 20.8 Å². The van der Waals surface area contributed by atoms with Crippen LogP contribution >= 0.6 is 0 Å². The molecule has 0 aromatic heterocycles. The molecule has 0 radical (unpaired) electrons. The van der Waals surface area contributed by atoms with E-state index < -0.39 is 10.0 Å². The molecule has 0 bridgehead atoms. The fourth-order valence-corrected chi connectivity index (χ4v) is 3.04. The molecule has 0 fully saturated rings. The van der Waals surface area contributed by atoms with Crippen LogP contribution in [0.4, 0.5) is 0 Å². The third kappa shape index (κ3) is 6.38. The van der Waals surface area contributed by atoms with Crippen LogP contribution in [-0.4, -0.2) is 32.8 Å². The van der Waals surface area contributed by atoms with Gasteiger partial charge in [0.15, 0.2) is 0 Å². The number of hydrogen-bond acceptors (Lipinski definition) is 3. The van der Waals surface area contributed by atoms with Gasteiger partial charge < -0.3 is 5.32 Å². The summed E-state index contributed by atoms with van der Waals surface area (Å²) in [6, 6.07) is 0.0358. The second-order valence-corrected chi connectivity index (χ2v) is 7.07. The topological polar surface area (TPSA) is 58.2 Å². The van der Waals surface area contributed by atoms with Crippen LogP contribution in [-0.2, 0) is 10.0 Å². The molecule has 0 saturated carbocycles. The van der Waals surface area contributed by atoms with Gasteiger partial charge in [0.05, 0.1) is 5.25 Å². The average molecular weight is 264 g/mol. The van der Waals surface area contributed by atoms with Gasteiger partial charge in [-0.05, 0) is 32.2 Å². The standard InChI is InChI=1S/C12H28N2O2S/c1-6-8-13-9-11(5)17(15,16)14-12(7-2)10(3)4/h10-14H,6-9H2,1-5H3. The molecule has 2 N–H and O–H groups in total. The normalized spacial score (nSPS) is 16.1. The number of rotatable bonds is 9. The van der Waals surface area contributed by atoms with Crippen LogP contribution in [0.3, 0.4) is 0 Å². The van der Waals surface area contributed by atoms with Crippen molar-refractivity contribution in [1.82, 2.24) is 10.0 Å². The van der Waals surface area contributed by atoms with E-state index in [9.17, 15) is 8.42 Å². The third-order valence-corrected chi connectivity index (χ3v) is 4.81. The van der Waals surface area contributed by atoms with Gasteiger partial charge in [0.25, 0.3) is 0 Å². The zero-order valence-corrected chi connectivity index (χ0v) is 12.6. The lowest BCUT2D eigenvalue weighted by atomic mass is 10.0. The summed E-state index contributed by atoms with van der Waals surface area (Å²) < 4.78 is 26.9. The molecule has 0 aliphatic heterocycles. The number of nitrogens with one attached hydrogen (secondary N) is 2. The predicted octanol–water partition coefficient (Wildman–Crippen LogP) is 1.73. The van der Waals surface area contributed by atoms with Crippen LogP contribution in [0.2, 0.25) is 0 Å². The van der Waals surface area contributed by atoms with Crippen LogP contribution in [0.25, 0.3) is 0 Å². The highest BCUT2D eigenvalue weighted by molar-refractivity contribution is 7.90. The molecule has 0 rings (SSSR count). The van der Waals surface area contributed by atoms with Crippen molar-refractivity contribution in [3.8, 4) is 0 Å². The fraction of sp³-hybridized carbons (Fsp3) is 1.00. The molecule has 0 aliphatic carbocycles. The molecule has 0 amide bonds. The lowest BCUT2D eigenvalue weighted by Gasteiger charge is -2.23. The van der Waals surface area contributed by atoms with Crippen molar-refractivity contribution < 1.29 is 8.42 Å². The Morgan fingerprint density at radius 3 is 2.12 bits per heavy atom. The summed E-state index contributed by atoms with van der Waals surface area (Å²) in [6.07, 6.45) is 1.84. The van der Waals surface area contributed by atoms with Gasteiger partial charge in [0.2, 0.25) is 10.0 Å². The molecule has 0 spiro atoms. The van der Waals surface area contributed by atoms with Gasteiger partial charge in [-0.1, -0.05) is 27.7 Å². The van der Waals surface area contributed by atoms with Crippen molar-refractivity contribution in [2.45, 2.75) is 58.8 Å². The minimum atomic E-state index is -3.21. The van der Waals surface area contributed by atoms with Gasteiger partial charge in [-0.15, -0.1) is 0 Å². The van der Waals surface area contributed by atoms with Gasteiger partial charge in [0.1, 0.15) is 0 Å². The molecule has 2 unspecified atom stereocenters. The molecular weight excluding hydrogens is 236 g/mol. The molecule has 0 saturated heterocycles. The van der Waals surface area contributed by atoms with Crippen molar-refractivity contribution in [1.29, 1.82) is 0 Å². The molecular formula is C12H28N2O2S. The van der Waals surface area contributed by atoms with E-state index >= 15 is 0 Å². The summed E-state index contributed by atoms with van der Waals surface area (Å²) in [5, 5.41) is 2.76. The van der Waals surface area contributed by atoms with E-state index in [0.29, 0.717) is 12.5 Å². The summed E-state index contributed by atoms with van der Waals surface area (Å²) in [5.41, 5.74) is 0. The first-order valence-corrected chi connectivity index (χ1v) is 8.11. The van der Waals surface area contributed by atoms with Crippen LogP contribution in [0, 0.1) is 5.92 Å². The number of hydrogen-bond donors (Lipinski definition) is 2.